The molecule has 0 unspecified atom stereocenters. The standard InChI is InChI=1S/C30H19BNO2/c33-31-25-13-6-11-22-23-12-7-15-28(30(23)34-29(22)25)32-26-14-5-4-10-21(26)24-18-20(16-17-27(24)32)19-8-2-1-3-9-19/h1-18,33H. The van der Waals surface area contributed by atoms with Crippen molar-refractivity contribution in [3.63, 3.8) is 0 Å². The summed E-state index contributed by atoms with van der Waals surface area (Å²) in [6, 6.07) is 37.7. The zero-order chi connectivity index (χ0) is 22.6. The fourth-order valence-electron chi connectivity index (χ4n) is 5.15. The Kier molecular flexibility index (Phi) is 4.17. The van der Waals surface area contributed by atoms with Gasteiger partial charge in [0.25, 0.3) is 0 Å². The first-order chi connectivity index (χ1) is 16.8. The van der Waals surface area contributed by atoms with Crippen molar-refractivity contribution in [2.45, 2.75) is 0 Å². The number of hydrogen-bond acceptors (Lipinski definition) is 2. The topological polar surface area (TPSA) is 38.3 Å². The van der Waals surface area contributed by atoms with E-state index >= 15 is 0 Å². The van der Waals surface area contributed by atoms with Crippen LogP contribution in [0.15, 0.2) is 114 Å². The second-order valence-corrected chi connectivity index (χ2v) is 8.56. The number of fused-ring (bicyclic) bond motifs is 6. The summed E-state index contributed by atoms with van der Waals surface area (Å²) in [7, 11) is 1.11. The quantitative estimate of drug-likeness (QED) is 0.318. The Balaban J connectivity index is 1.58. The molecule has 0 bridgehead atoms. The van der Waals surface area contributed by atoms with E-state index in [1.165, 1.54) is 21.9 Å². The predicted octanol–water partition coefficient (Wildman–Crippen LogP) is 6.59. The van der Waals surface area contributed by atoms with Crippen LogP contribution in [0.5, 0.6) is 0 Å². The van der Waals surface area contributed by atoms with Crippen LogP contribution < -0.4 is 5.46 Å². The Morgan fingerprint density at radius 1 is 0.559 bits per heavy atom. The number of aromatic nitrogens is 1. The van der Waals surface area contributed by atoms with E-state index in [-0.39, 0.29) is 0 Å². The van der Waals surface area contributed by atoms with Gasteiger partial charge in [-0.2, -0.15) is 0 Å². The van der Waals surface area contributed by atoms with Crippen molar-refractivity contribution in [1.29, 1.82) is 0 Å². The lowest BCUT2D eigenvalue weighted by atomic mass is 9.87. The van der Waals surface area contributed by atoms with Crippen molar-refractivity contribution < 1.29 is 9.44 Å². The van der Waals surface area contributed by atoms with Crippen molar-refractivity contribution in [1.82, 2.24) is 4.57 Å². The van der Waals surface area contributed by atoms with Gasteiger partial charge in [-0.25, -0.2) is 0 Å². The molecule has 0 fully saturated rings. The van der Waals surface area contributed by atoms with Crippen LogP contribution in [0.2, 0.25) is 0 Å². The number of furan rings is 1. The molecule has 0 saturated carbocycles. The van der Waals surface area contributed by atoms with Gasteiger partial charge in [-0.3, -0.25) is 0 Å². The molecule has 7 rings (SSSR count). The lowest BCUT2D eigenvalue weighted by molar-refractivity contribution is 0.613. The van der Waals surface area contributed by atoms with E-state index in [0.717, 1.165) is 40.6 Å². The van der Waals surface area contributed by atoms with Gasteiger partial charge in [-0.05, 0) is 40.9 Å². The highest BCUT2D eigenvalue weighted by Gasteiger charge is 2.18. The third-order valence-electron chi connectivity index (χ3n) is 6.69. The minimum absolute atomic E-state index is 0.675. The fraction of sp³-hybridized carbons (Fsp3) is 0. The Hall–Kier alpha value is -4.28. The maximum absolute atomic E-state index is 9.73. The van der Waals surface area contributed by atoms with Crippen LogP contribution in [0.1, 0.15) is 0 Å². The van der Waals surface area contributed by atoms with Gasteiger partial charge in [0.15, 0.2) is 5.58 Å². The summed E-state index contributed by atoms with van der Waals surface area (Å²) >= 11 is 0. The number of nitrogens with zero attached hydrogens (tertiary/aromatic N) is 1. The summed E-state index contributed by atoms with van der Waals surface area (Å²) in [5.74, 6) is 0. The average molecular weight is 436 g/mol. The highest BCUT2D eigenvalue weighted by atomic mass is 16.3. The van der Waals surface area contributed by atoms with Crippen molar-refractivity contribution in [2.75, 3.05) is 0 Å². The minimum Gasteiger partial charge on any atom is -0.454 e. The molecular weight excluding hydrogens is 417 g/mol. The molecule has 0 spiro atoms. The van der Waals surface area contributed by atoms with E-state index in [4.69, 9.17) is 4.42 Å². The van der Waals surface area contributed by atoms with Crippen LogP contribution in [-0.4, -0.2) is 17.1 Å². The summed E-state index contributed by atoms with van der Waals surface area (Å²) in [5, 5.41) is 14.2. The minimum atomic E-state index is 0.675. The largest absolute Gasteiger partial charge is 0.454 e. The second kappa shape index (κ2) is 7.37. The third kappa shape index (κ3) is 2.69. The molecule has 7 aromatic rings. The van der Waals surface area contributed by atoms with E-state index < -0.39 is 0 Å². The van der Waals surface area contributed by atoms with E-state index in [1.54, 1.807) is 0 Å². The molecule has 0 saturated heterocycles. The van der Waals surface area contributed by atoms with Crippen molar-refractivity contribution in [3.05, 3.63) is 109 Å². The first-order valence-corrected chi connectivity index (χ1v) is 11.3. The molecule has 1 radical (unpaired) electrons. The maximum atomic E-state index is 9.73. The molecule has 0 amide bonds. The first kappa shape index (κ1) is 19.2. The van der Waals surface area contributed by atoms with Gasteiger partial charge in [0.2, 0.25) is 0 Å². The normalized spacial score (nSPS) is 11.7. The summed E-state index contributed by atoms with van der Waals surface area (Å²) < 4.78 is 8.69. The van der Waals surface area contributed by atoms with Crippen LogP contribution in [0.3, 0.4) is 0 Å². The Bertz CT molecular complexity index is 1850. The lowest BCUT2D eigenvalue weighted by Crippen LogP contribution is -2.13. The highest BCUT2D eigenvalue weighted by Crippen LogP contribution is 2.38. The van der Waals surface area contributed by atoms with Crippen molar-refractivity contribution in [2.24, 2.45) is 0 Å². The van der Waals surface area contributed by atoms with E-state index in [9.17, 15) is 5.02 Å². The highest BCUT2D eigenvalue weighted by molar-refractivity contribution is 6.50. The molecule has 0 aliphatic carbocycles. The van der Waals surface area contributed by atoms with Crippen molar-refractivity contribution in [3.8, 4) is 16.8 Å². The molecule has 0 aliphatic heterocycles. The Morgan fingerprint density at radius 2 is 1.26 bits per heavy atom. The van der Waals surface area contributed by atoms with Gasteiger partial charge in [0, 0.05) is 21.5 Å². The molecule has 2 aromatic heterocycles. The van der Waals surface area contributed by atoms with Gasteiger partial charge in [-0.1, -0.05) is 84.9 Å². The molecular formula is C30H19BNO2. The molecule has 5 aromatic carbocycles. The lowest BCUT2D eigenvalue weighted by Gasteiger charge is -2.09. The van der Waals surface area contributed by atoms with Gasteiger partial charge in [0.05, 0.1) is 16.7 Å². The SMILES string of the molecule is O[B]c1cccc2c1oc1c(-n3c4ccccc4c4cc(-c5ccccc5)ccc43)cccc12. The summed E-state index contributed by atoms with van der Waals surface area (Å²) in [4.78, 5) is 0. The first-order valence-electron chi connectivity index (χ1n) is 11.3. The van der Waals surface area contributed by atoms with Gasteiger partial charge >= 0.3 is 7.48 Å². The Labute approximate surface area is 196 Å². The van der Waals surface area contributed by atoms with Crippen LogP contribution in [0, 0.1) is 0 Å². The van der Waals surface area contributed by atoms with E-state index in [1.807, 2.05) is 24.3 Å². The number of hydrogen-bond donors (Lipinski definition) is 1. The number of para-hydroxylation sites is 3. The second-order valence-electron chi connectivity index (χ2n) is 8.56. The molecule has 3 nitrogen and oxygen atoms in total. The molecule has 4 heteroatoms. The van der Waals surface area contributed by atoms with Crippen LogP contribution in [0.25, 0.3) is 60.6 Å². The van der Waals surface area contributed by atoms with Crippen LogP contribution in [0.4, 0.5) is 0 Å². The van der Waals surface area contributed by atoms with E-state index in [2.05, 4.69) is 89.5 Å². The Morgan fingerprint density at radius 3 is 2.12 bits per heavy atom. The molecule has 2 heterocycles. The number of rotatable bonds is 3. The zero-order valence-corrected chi connectivity index (χ0v) is 18.3. The van der Waals surface area contributed by atoms with Gasteiger partial charge in [0.1, 0.15) is 5.58 Å². The fourth-order valence-corrected chi connectivity index (χ4v) is 5.15. The predicted molar refractivity (Wildman–Crippen MR) is 141 cm³/mol. The van der Waals surface area contributed by atoms with Crippen molar-refractivity contribution >= 4 is 56.7 Å². The molecule has 0 atom stereocenters. The van der Waals surface area contributed by atoms with Crippen LogP contribution >= 0.6 is 0 Å². The summed E-state index contributed by atoms with van der Waals surface area (Å²) in [5.41, 5.74) is 7.81. The van der Waals surface area contributed by atoms with Gasteiger partial charge < -0.3 is 14.0 Å². The van der Waals surface area contributed by atoms with Crippen LogP contribution in [-0.2, 0) is 0 Å². The molecule has 159 valence electrons. The molecule has 1 N–H and O–H groups in total. The monoisotopic (exact) mass is 436 g/mol. The molecule has 34 heavy (non-hydrogen) atoms. The smallest absolute Gasteiger partial charge is 0.330 e. The van der Waals surface area contributed by atoms with Gasteiger partial charge in [-0.15, -0.1) is 0 Å². The third-order valence-corrected chi connectivity index (χ3v) is 6.69. The molecule has 0 aliphatic rings. The summed E-state index contributed by atoms with van der Waals surface area (Å²) in [6.45, 7) is 0. The zero-order valence-electron chi connectivity index (χ0n) is 18.3. The average Bonchev–Trinajstić information content (AvgIpc) is 3.45. The summed E-state index contributed by atoms with van der Waals surface area (Å²) in [6.07, 6.45) is 0. The maximum Gasteiger partial charge on any atom is 0.330 e. The van der Waals surface area contributed by atoms with E-state index in [0.29, 0.717) is 11.0 Å². The number of benzene rings is 5.